The van der Waals surface area contributed by atoms with Gasteiger partial charge in [0, 0.05) is 6.92 Å². The van der Waals surface area contributed by atoms with Crippen molar-refractivity contribution < 1.29 is 4.79 Å². The van der Waals surface area contributed by atoms with E-state index in [4.69, 9.17) is 0 Å². The first-order valence-corrected chi connectivity index (χ1v) is 3.17. The van der Waals surface area contributed by atoms with Crippen molar-refractivity contribution in [2.24, 2.45) is 10.2 Å². The van der Waals surface area contributed by atoms with Crippen LogP contribution in [-0.2, 0) is 4.79 Å². The molecule has 1 aromatic rings. The zero-order valence-corrected chi connectivity index (χ0v) is 6.11. The molecule has 0 spiro atoms. The Morgan fingerprint density at radius 1 is 1.45 bits per heavy atom. The maximum absolute atomic E-state index is 10.3. The molecule has 0 unspecified atom stereocenters. The summed E-state index contributed by atoms with van der Waals surface area (Å²) in [4.78, 5) is 10.3. The number of nitrogens with zero attached hydrogens (tertiary/aromatic N) is 2. The molecule has 0 saturated carbocycles. The molecular weight excluding hydrogens is 140 g/mol. The van der Waals surface area contributed by atoms with E-state index >= 15 is 0 Å². The molecule has 0 atom stereocenters. The summed E-state index contributed by atoms with van der Waals surface area (Å²) in [6.07, 6.45) is 0. The van der Waals surface area contributed by atoms with Crippen LogP contribution in [-0.4, -0.2) is 5.91 Å². The quantitative estimate of drug-likeness (QED) is 0.561. The molecule has 0 N–H and O–H groups in total. The van der Waals surface area contributed by atoms with Gasteiger partial charge < -0.3 is 0 Å². The fraction of sp³-hybridized carbons (Fsp3) is 0.125. The molecule has 1 rings (SSSR count). The van der Waals surface area contributed by atoms with Gasteiger partial charge in [0.1, 0.15) is 0 Å². The number of carbonyl (C=O) groups is 1. The molecule has 55 valence electrons. The summed E-state index contributed by atoms with van der Waals surface area (Å²) in [6, 6.07) is 9.72. The molecule has 11 heavy (non-hydrogen) atoms. The van der Waals surface area contributed by atoms with Crippen molar-refractivity contribution in [2.45, 2.75) is 6.92 Å². The summed E-state index contributed by atoms with van der Waals surface area (Å²) in [6.45, 7) is 1.36. The van der Waals surface area contributed by atoms with Crippen LogP contribution >= 0.6 is 0 Å². The van der Waals surface area contributed by atoms with Gasteiger partial charge in [0.05, 0.1) is 5.69 Å². The van der Waals surface area contributed by atoms with Gasteiger partial charge in [0.2, 0.25) is 0 Å². The Balaban J connectivity index is 2.72. The normalized spacial score (nSPS) is 10.3. The van der Waals surface area contributed by atoms with Crippen LogP contribution in [0.5, 0.6) is 0 Å². The molecule has 0 fully saturated rings. The minimum atomic E-state index is -0.294. The van der Waals surface area contributed by atoms with Crippen molar-refractivity contribution in [1.29, 1.82) is 0 Å². The molecule has 0 aromatic heterocycles. The molecule has 0 aliphatic heterocycles. The lowest BCUT2D eigenvalue weighted by Crippen LogP contribution is -1.77. The van der Waals surface area contributed by atoms with Crippen molar-refractivity contribution in [3.05, 3.63) is 30.3 Å². The maximum Gasteiger partial charge on any atom is 0.261 e. The number of carbonyl (C=O) groups excluding carboxylic acids is 1. The highest BCUT2D eigenvalue weighted by Gasteiger charge is 1.86. The lowest BCUT2D eigenvalue weighted by atomic mass is 10.3. The summed E-state index contributed by atoms with van der Waals surface area (Å²) in [5.74, 6) is -0.294. The molecule has 1 aromatic carbocycles. The van der Waals surface area contributed by atoms with Crippen LogP contribution in [0.3, 0.4) is 0 Å². The van der Waals surface area contributed by atoms with Gasteiger partial charge in [-0.1, -0.05) is 12.1 Å². The highest BCUT2D eigenvalue weighted by molar-refractivity contribution is 5.73. The van der Waals surface area contributed by atoms with E-state index in [-0.39, 0.29) is 5.91 Å². The number of hydrogen-bond acceptors (Lipinski definition) is 2. The molecule has 1 radical (unpaired) electrons. The topological polar surface area (TPSA) is 41.8 Å². The van der Waals surface area contributed by atoms with Gasteiger partial charge in [0.15, 0.2) is 0 Å². The Hall–Kier alpha value is -1.51. The molecule has 0 aliphatic carbocycles. The lowest BCUT2D eigenvalue weighted by molar-refractivity contribution is -0.116. The van der Waals surface area contributed by atoms with Gasteiger partial charge in [-0.2, -0.15) is 0 Å². The SMILES string of the molecule is CC(=O)N=Nc1cc[c]cc1. The molecule has 0 aliphatic rings. The molecule has 3 heteroatoms. The van der Waals surface area contributed by atoms with Crippen molar-refractivity contribution in [1.82, 2.24) is 0 Å². The molecule has 3 nitrogen and oxygen atoms in total. The zero-order valence-electron chi connectivity index (χ0n) is 6.11. The standard InChI is InChI=1S/C8H7N2O/c1-7(11)9-10-8-5-3-2-4-6-8/h3-6H,1H3. The number of amides is 1. The number of rotatable bonds is 1. The van der Waals surface area contributed by atoms with Gasteiger partial charge in [-0.15, -0.1) is 10.2 Å². The second-order valence-electron chi connectivity index (χ2n) is 1.98. The Labute approximate surface area is 64.8 Å². The third kappa shape index (κ3) is 2.71. The van der Waals surface area contributed by atoms with Gasteiger partial charge in [-0.25, -0.2) is 0 Å². The summed E-state index contributed by atoms with van der Waals surface area (Å²) in [7, 11) is 0. The van der Waals surface area contributed by atoms with E-state index in [0.29, 0.717) is 5.69 Å². The number of azo groups is 1. The van der Waals surface area contributed by atoms with E-state index in [9.17, 15) is 4.79 Å². The Morgan fingerprint density at radius 3 is 2.64 bits per heavy atom. The summed E-state index contributed by atoms with van der Waals surface area (Å²) >= 11 is 0. The zero-order chi connectivity index (χ0) is 8.10. The third-order valence-electron chi connectivity index (χ3n) is 1.01. The monoisotopic (exact) mass is 147 g/mol. The first kappa shape index (κ1) is 7.60. The van der Waals surface area contributed by atoms with Gasteiger partial charge in [0.25, 0.3) is 5.91 Å². The van der Waals surface area contributed by atoms with Crippen molar-refractivity contribution in [2.75, 3.05) is 0 Å². The minimum absolute atomic E-state index is 0.294. The second-order valence-corrected chi connectivity index (χ2v) is 1.98. The van der Waals surface area contributed by atoms with Crippen molar-refractivity contribution >= 4 is 11.6 Å². The van der Waals surface area contributed by atoms with E-state index in [1.54, 1.807) is 24.3 Å². The largest absolute Gasteiger partial charge is 0.271 e. The summed E-state index contributed by atoms with van der Waals surface area (Å²) < 4.78 is 0. The molecule has 0 bridgehead atoms. The van der Waals surface area contributed by atoms with Crippen LogP contribution in [0.4, 0.5) is 5.69 Å². The Kier molecular flexibility index (Phi) is 2.49. The highest BCUT2D eigenvalue weighted by atomic mass is 16.1. The molecular formula is C8H7N2O. The van der Waals surface area contributed by atoms with Gasteiger partial charge >= 0.3 is 0 Å². The first-order valence-electron chi connectivity index (χ1n) is 3.17. The van der Waals surface area contributed by atoms with E-state index in [0.717, 1.165) is 0 Å². The van der Waals surface area contributed by atoms with Crippen molar-refractivity contribution in [3.8, 4) is 0 Å². The second kappa shape index (κ2) is 3.61. The fourth-order valence-electron chi connectivity index (χ4n) is 0.573. The Morgan fingerprint density at radius 2 is 2.09 bits per heavy atom. The molecule has 0 saturated heterocycles. The van der Waals surface area contributed by atoms with Crippen molar-refractivity contribution in [3.63, 3.8) is 0 Å². The Bertz CT molecular complexity index is 267. The van der Waals surface area contributed by atoms with E-state index in [1.165, 1.54) is 6.92 Å². The predicted molar refractivity (Wildman–Crippen MR) is 40.5 cm³/mol. The van der Waals surface area contributed by atoms with E-state index in [2.05, 4.69) is 16.3 Å². The van der Waals surface area contributed by atoms with Crippen LogP contribution in [0.2, 0.25) is 0 Å². The van der Waals surface area contributed by atoms with E-state index in [1.807, 2.05) is 0 Å². The summed E-state index contributed by atoms with van der Waals surface area (Å²) in [5.41, 5.74) is 0.666. The van der Waals surface area contributed by atoms with E-state index < -0.39 is 0 Å². The van der Waals surface area contributed by atoms with Crippen LogP contribution in [0.15, 0.2) is 34.5 Å². The maximum atomic E-state index is 10.3. The minimum Gasteiger partial charge on any atom is -0.271 e. The predicted octanol–water partition coefficient (Wildman–Crippen LogP) is 2.12. The third-order valence-corrected chi connectivity index (χ3v) is 1.01. The first-order chi connectivity index (χ1) is 5.29. The number of benzene rings is 1. The summed E-state index contributed by atoms with van der Waals surface area (Å²) in [5, 5.41) is 7.03. The van der Waals surface area contributed by atoms with Crippen LogP contribution in [0.25, 0.3) is 0 Å². The average Bonchev–Trinajstić information content (AvgIpc) is 2.03. The average molecular weight is 147 g/mol. The van der Waals surface area contributed by atoms with Gasteiger partial charge in [-0.3, -0.25) is 4.79 Å². The highest BCUT2D eigenvalue weighted by Crippen LogP contribution is 2.09. The van der Waals surface area contributed by atoms with Gasteiger partial charge in [-0.05, 0) is 18.2 Å². The molecule has 1 amide bonds. The smallest absolute Gasteiger partial charge is 0.261 e. The van der Waals surface area contributed by atoms with Crippen LogP contribution in [0.1, 0.15) is 6.92 Å². The molecule has 0 heterocycles. The fourth-order valence-corrected chi connectivity index (χ4v) is 0.573. The number of hydrogen-bond donors (Lipinski definition) is 0. The van der Waals surface area contributed by atoms with Crippen LogP contribution < -0.4 is 0 Å². The van der Waals surface area contributed by atoms with Crippen LogP contribution in [0, 0.1) is 6.07 Å². The lowest BCUT2D eigenvalue weighted by Gasteiger charge is -1.86.